The first kappa shape index (κ1) is 13.2. The van der Waals surface area contributed by atoms with Gasteiger partial charge in [-0.1, -0.05) is 17.7 Å². The van der Waals surface area contributed by atoms with Gasteiger partial charge in [0, 0.05) is 18.8 Å². The summed E-state index contributed by atoms with van der Waals surface area (Å²) in [5.74, 6) is -0.181. The molecule has 1 aliphatic rings. The lowest BCUT2D eigenvalue weighted by atomic mass is 9.92. The zero-order valence-corrected chi connectivity index (χ0v) is 11.1. The van der Waals surface area contributed by atoms with Gasteiger partial charge in [-0.25, -0.2) is 0 Å². The largest absolute Gasteiger partial charge is 0.397 e. The van der Waals surface area contributed by atoms with Gasteiger partial charge in [-0.2, -0.15) is 0 Å². The van der Waals surface area contributed by atoms with Crippen LogP contribution in [0, 0.1) is 0 Å². The zero-order chi connectivity index (χ0) is 13.2. The Hall–Kier alpha value is -1.26. The molecule has 2 rings (SSSR count). The van der Waals surface area contributed by atoms with E-state index in [4.69, 9.17) is 22.1 Å². The molecular formula is C13H17ClN2O2. The molecule has 1 aromatic carbocycles. The van der Waals surface area contributed by atoms with Crippen molar-refractivity contribution >= 4 is 23.2 Å². The molecule has 1 saturated heterocycles. The number of hydrogen-bond acceptors (Lipinski definition) is 3. The van der Waals surface area contributed by atoms with E-state index >= 15 is 0 Å². The number of carbonyl (C=O) groups excluding carboxylic acids is 1. The molecule has 0 bridgehead atoms. The molecule has 0 unspecified atom stereocenters. The van der Waals surface area contributed by atoms with Crippen LogP contribution in [0.25, 0.3) is 0 Å². The highest BCUT2D eigenvalue weighted by molar-refractivity contribution is 6.33. The number of ether oxygens (including phenoxy) is 1. The molecule has 0 radical (unpaired) electrons. The van der Waals surface area contributed by atoms with Gasteiger partial charge in [0.25, 0.3) is 5.91 Å². The minimum absolute atomic E-state index is 0.181. The van der Waals surface area contributed by atoms with Gasteiger partial charge in [0.1, 0.15) is 0 Å². The minimum Gasteiger partial charge on any atom is -0.397 e. The summed E-state index contributed by atoms with van der Waals surface area (Å²) < 4.78 is 5.30. The van der Waals surface area contributed by atoms with Crippen molar-refractivity contribution in [2.75, 3.05) is 18.9 Å². The molecular weight excluding hydrogens is 252 g/mol. The fraction of sp³-hybridized carbons (Fsp3) is 0.462. The predicted octanol–water partition coefficient (Wildman–Crippen LogP) is 2.22. The Balaban J connectivity index is 2.14. The molecule has 1 aliphatic heterocycles. The highest BCUT2D eigenvalue weighted by Gasteiger charge is 2.29. The van der Waals surface area contributed by atoms with Crippen LogP contribution in [-0.4, -0.2) is 24.7 Å². The zero-order valence-electron chi connectivity index (χ0n) is 10.3. The van der Waals surface area contributed by atoms with Crippen molar-refractivity contribution in [1.29, 1.82) is 0 Å². The second-order valence-electron chi connectivity index (χ2n) is 4.83. The Bertz CT molecular complexity index is 456. The Labute approximate surface area is 111 Å². The van der Waals surface area contributed by atoms with Gasteiger partial charge in [0.15, 0.2) is 0 Å². The number of rotatable bonds is 2. The van der Waals surface area contributed by atoms with E-state index in [1.807, 2.05) is 6.92 Å². The number of halogens is 1. The summed E-state index contributed by atoms with van der Waals surface area (Å²) in [6.07, 6.45) is 1.61. The first-order valence-electron chi connectivity index (χ1n) is 5.96. The average molecular weight is 269 g/mol. The second-order valence-corrected chi connectivity index (χ2v) is 5.24. The second kappa shape index (κ2) is 5.16. The third kappa shape index (κ3) is 2.76. The van der Waals surface area contributed by atoms with Crippen molar-refractivity contribution in [2.45, 2.75) is 25.3 Å². The highest BCUT2D eigenvalue weighted by Crippen LogP contribution is 2.25. The van der Waals surface area contributed by atoms with E-state index in [0.717, 1.165) is 12.8 Å². The maximum absolute atomic E-state index is 12.2. The normalized spacial score (nSPS) is 18.3. The third-order valence-electron chi connectivity index (χ3n) is 3.31. The molecule has 1 aromatic rings. The number of para-hydroxylation sites is 1. The van der Waals surface area contributed by atoms with Crippen LogP contribution >= 0.6 is 11.6 Å². The van der Waals surface area contributed by atoms with Gasteiger partial charge in [-0.15, -0.1) is 0 Å². The van der Waals surface area contributed by atoms with E-state index in [1.165, 1.54) is 0 Å². The predicted molar refractivity (Wildman–Crippen MR) is 71.8 cm³/mol. The number of nitrogen functional groups attached to an aromatic ring is 1. The molecule has 1 fully saturated rings. The molecule has 0 spiro atoms. The molecule has 98 valence electrons. The quantitative estimate of drug-likeness (QED) is 0.809. The van der Waals surface area contributed by atoms with Crippen LogP contribution in [0.4, 0.5) is 5.69 Å². The number of nitrogens with two attached hydrogens (primary N) is 1. The molecule has 0 aliphatic carbocycles. The monoisotopic (exact) mass is 268 g/mol. The maximum atomic E-state index is 12.2. The van der Waals surface area contributed by atoms with E-state index in [1.54, 1.807) is 18.2 Å². The third-order valence-corrected chi connectivity index (χ3v) is 3.64. The number of anilines is 1. The van der Waals surface area contributed by atoms with Crippen LogP contribution in [0.1, 0.15) is 30.1 Å². The fourth-order valence-electron chi connectivity index (χ4n) is 2.02. The minimum atomic E-state index is -0.232. The van der Waals surface area contributed by atoms with Gasteiger partial charge in [-0.3, -0.25) is 4.79 Å². The van der Waals surface area contributed by atoms with Crippen LogP contribution in [0.3, 0.4) is 0 Å². The Morgan fingerprint density at radius 2 is 2.11 bits per heavy atom. The first-order valence-corrected chi connectivity index (χ1v) is 6.34. The van der Waals surface area contributed by atoms with E-state index in [9.17, 15) is 4.79 Å². The van der Waals surface area contributed by atoms with Crippen molar-refractivity contribution in [3.8, 4) is 0 Å². The summed E-state index contributed by atoms with van der Waals surface area (Å²) in [5, 5.41) is 3.42. The fourth-order valence-corrected chi connectivity index (χ4v) is 2.20. The summed E-state index contributed by atoms with van der Waals surface area (Å²) >= 11 is 5.91. The molecule has 1 amide bonds. The molecule has 1 heterocycles. The molecule has 0 aromatic heterocycles. The molecule has 5 heteroatoms. The van der Waals surface area contributed by atoms with Crippen LogP contribution in [0.2, 0.25) is 5.02 Å². The lowest BCUT2D eigenvalue weighted by Crippen LogP contribution is -2.49. The number of nitrogens with one attached hydrogen (secondary N) is 1. The molecule has 4 nitrogen and oxygen atoms in total. The summed E-state index contributed by atoms with van der Waals surface area (Å²) in [6.45, 7) is 3.36. The van der Waals surface area contributed by atoms with Gasteiger partial charge in [-0.05, 0) is 31.9 Å². The summed E-state index contributed by atoms with van der Waals surface area (Å²) in [5.41, 5.74) is 6.33. The van der Waals surface area contributed by atoms with Crippen LogP contribution in [-0.2, 0) is 4.74 Å². The molecule has 0 atom stereocenters. The van der Waals surface area contributed by atoms with Crippen LogP contribution in [0.15, 0.2) is 18.2 Å². The standard InChI is InChI=1S/C13H17ClN2O2/c1-13(5-7-18-8-6-13)16-12(17)9-3-2-4-10(14)11(9)15/h2-4H,5-8,15H2,1H3,(H,16,17). The molecule has 0 saturated carbocycles. The SMILES string of the molecule is CC1(NC(=O)c2cccc(Cl)c2N)CCOCC1. The van der Waals surface area contributed by atoms with E-state index in [2.05, 4.69) is 5.32 Å². The van der Waals surface area contributed by atoms with Gasteiger partial charge >= 0.3 is 0 Å². The number of benzene rings is 1. The molecule has 18 heavy (non-hydrogen) atoms. The van der Waals surface area contributed by atoms with Gasteiger partial charge in [0.2, 0.25) is 0 Å². The van der Waals surface area contributed by atoms with Gasteiger partial charge in [0.05, 0.1) is 16.3 Å². The van der Waals surface area contributed by atoms with Crippen molar-refractivity contribution < 1.29 is 9.53 Å². The Morgan fingerprint density at radius 3 is 2.78 bits per heavy atom. The Kier molecular flexibility index (Phi) is 3.78. The summed E-state index contributed by atoms with van der Waals surface area (Å²) in [6, 6.07) is 5.07. The first-order chi connectivity index (χ1) is 8.52. The van der Waals surface area contributed by atoms with Gasteiger partial charge < -0.3 is 15.8 Å². The van der Waals surface area contributed by atoms with Crippen molar-refractivity contribution in [1.82, 2.24) is 5.32 Å². The lowest BCUT2D eigenvalue weighted by molar-refractivity contribution is 0.0423. The highest BCUT2D eigenvalue weighted by atomic mass is 35.5. The van der Waals surface area contributed by atoms with E-state index in [-0.39, 0.29) is 11.4 Å². The van der Waals surface area contributed by atoms with Crippen molar-refractivity contribution in [3.63, 3.8) is 0 Å². The topological polar surface area (TPSA) is 64.4 Å². The maximum Gasteiger partial charge on any atom is 0.253 e. The number of carbonyl (C=O) groups is 1. The number of amides is 1. The van der Waals surface area contributed by atoms with E-state index < -0.39 is 0 Å². The number of hydrogen-bond donors (Lipinski definition) is 2. The Morgan fingerprint density at radius 1 is 1.44 bits per heavy atom. The summed E-state index contributed by atoms with van der Waals surface area (Å²) in [7, 11) is 0. The average Bonchev–Trinajstić information content (AvgIpc) is 2.33. The van der Waals surface area contributed by atoms with Crippen molar-refractivity contribution in [3.05, 3.63) is 28.8 Å². The summed E-state index contributed by atoms with van der Waals surface area (Å²) in [4.78, 5) is 12.2. The van der Waals surface area contributed by atoms with Crippen molar-refractivity contribution in [2.24, 2.45) is 0 Å². The van der Waals surface area contributed by atoms with E-state index in [0.29, 0.717) is 29.5 Å². The lowest BCUT2D eigenvalue weighted by Gasteiger charge is -2.34. The molecule has 3 N–H and O–H groups in total. The van der Waals surface area contributed by atoms with Crippen LogP contribution < -0.4 is 11.1 Å². The smallest absolute Gasteiger partial charge is 0.253 e. The van der Waals surface area contributed by atoms with Crippen LogP contribution in [0.5, 0.6) is 0 Å².